The second-order valence-electron chi connectivity index (χ2n) is 14.8. The summed E-state index contributed by atoms with van der Waals surface area (Å²) in [6, 6.07) is 11.6. The van der Waals surface area contributed by atoms with Crippen LogP contribution in [0.5, 0.6) is 0 Å². The Kier molecular flexibility index (Phi) is 10.2. The summed E-state index contributed by atoms with van der Waals surface area (Å²) in [5.74, 6) is -1.91. The Bertz CT molecular complexity index is 2350. The van der Waals surface area contributed by atoms with Crippen LogP contribution in [0.15, 0.2) is 59.6 Å². The number of rotatable bonds is 10. The molecule has 3 aliphatic heterocycles. The molecule has 0 aliphatic carbocycles. The minimum absolute atomic E-state index is 0.0105. The molecule has 7 rings (SSSR count). The van der Waals surface area contributed by atoms with Gasteiger partial charge in [0, 0.05) is 62.1 Å². The van der Waals surface area contributed by atoms with E-state index in [9.17, 15) is 27.6 Å². The van der Waals surface area contributed by atoms with E-state index in [1.807, 2.05) is 13.0 Å². The molecule has 4 amide bonds. The van der Waals surface area contributed by atoms with Crippen LogP contribution in [0, 0.1) is 12.7 Å². The van der Waals surface area contributed by atoms with E-state index in [2.05, 4.69) is 50.6 Å². The van der Waals surface area contributed by atoms with E-state index in [1.165, 1.54) is 24.3 Å². The van der Waals surface area contributed by atoms with Crippen molar-refractivity contribution in [2.24, 2.45) is 0 Å². The van der Waals surface area contributed by atoms with Crippen LogP contribution in [-0.4, -0.2) is 99.8 Å². The number of halogens is 1. The molecule has 17 nitrogen and oxygen atoms in total. The molecular formula is C37H40FN11O6S. The first-order valence-electron chi connectivity index (χ1n) is 17.9. The number of hydrogen-bond acceptors (Lipinski definition) is 14. The Balaban J connectivity index is 0.945. The monoisotopic (exact) mass is 785 g/mol. The molecule has 0 saturated carbocycles. The highest BCUT2D eigenvalue weighted by molar-refractivity contribution is 7.89. The van der Waals surface area contributed by atoms with Gasteiger partial charge in [-0.2, -0.15) is 4.98 Å². The predicted molar refractivity (Wildman–Crippen MR) is 202 cm³/mol. The SMILES string of the molecule is Cc1cnc(Nc2ccc(N3CCN(Cc4cc(F)c5c(c4)C(=O)N(C4CCC(=O)NC4=O)C5=O)CC3)nn2)nc1Nc1cccc(S(=O)(=O)NC(C)(C)C)c1. The standard InChI is InChI=1S/C37H40FN11O6S/c1-21-19-39-36(43-32(21)40-23-6-5-7-24(18-23)56(54,55)46-37(2,3)4)41-28-9-10-29(45-44-28)48-14-12-47(13-15-48)20-22-16-25-31(26(38)17-22)35(53)49(34(25)52)27-8-11-30(50)42-33(27)51/h5-7,9-10,16-19,27,46H,8,11-15,20H2,1-4H3,(H,42,50,51)(H2,39,40,41,43,44). The number of carbonyl (C=O) groups excluding carboxylic acids is 4. The van der Waals surface area contributed by atoms with Gasteiger partial charge in [0.25, 0.3) is 11.8 Å². The zero-order chi connectivity index (χ0) is 39.9. The molecule has 0 bridgehead atoms. The van der Waals surface area contributed by atoms with Crippen LogP contribution in [0.25, 0.3) is 0 Å². The summed E-state index contributed by atoms with van der Waals surface area (Å²) >= 11 is 0. The fourth-order valence-electron chi connectivity index (χ4n) is 6.73. The minimum Gasteiger partial charge on any atom is -0.353 e. The largest absolute Gasteiger partial charge is 0.353 e. The van der Waals surface area contributed by atoms with Gasteiger partial charge in [-0.15, -0.1) is 10.2 Å². The van der Waals surface area contributed by atoms with E-state index in [1.54, 1.807) is 45.2 Å². The van der Waals surface area contributed by atoms with Gasteiger partial charge in [0.05, 0.1) is 16.0 Å². The Labute approximate surface area is 322 Å². The average molecular weight is 786 g/mol. The summed E-state index contributed by atoms with van der Waals surface area (Å²) in [7, 11) is -3.74. The number of imide groups is 2. The highest BCUT2D eigenvalue weighted by Crippen LogP contribution is 2.31. The van der Waals surface area contributed by atoms with Crippen LogP contribution in [-0.2, 0) is 26.2 Å². The van der Waals surface area contributed by atoms with Gasteiger partial charge in [0.15, 0.2) is 11.6 Å². The number of carbonyl (C=O) groups is 4. The van der Waals surface area contributed by atoms with Gasteiger partial charge in [-0.25, -0.2) is 22.5 Å². The van der Waals surface area contributed by atoms with Crippen LogP contribution < -0.4 is 25.6 Å². The third kappa shape index (κ3) is 8.19. The number of nitrogens with one attached hydrogen (secondary N) is 4. The smallest absolute Gasteiger partial charge is 0.265 e. The van der Waals surface area contributed by atoms with Gasteiger partial charge in [-0.05, 0) is 82.1 Å². The van der Waals surface area contributed by atoms with E-state index < -0.39 is 51.0 Å². The molecule has 1 unspecified atom stereocenters. The number of benzene rings is 2. The van der Waals surface area contributed by atoms with E-state index in [-0.39, 0.29) is 34.8 Å². The molecule has 3 aliphatic rings. The third-order valence-electron chi connectivity index (χ3n) is 9.37. The average Bonchev–Trinajstić information content (AvgIpc) is 3.38. The van der Waals surface area contributed by atoms with Crippen molar-refractivity contribution in [2.45, 2.75) is 63.6 Å². The van der Waals surface area contributed by atoms with Gasteiger partial charge in [0.2, 0.25) is 27.8 Å². The summed E-state index contributed by atoms with van der Waals surface area (Å²) in [4.78, 5) is 64.2. The number of piperazine rings is 1. The summed E-state index contributed by atoms with van der Waals surface area (Å²) in [5.41, 5.74) is 0.692. The maximum Gasteiger partial charge on any atom is 0.265 e. The molecule has 2 saturated heterocycles. The van der Waals surface area contributed by atoms with E-state index >= 15 is 4.39 Å². The molecule has 0 radical (unpaired) electrons. The van der Waals surface area contributed by atoms with Crippen molar-refractivity contribution < 1.29 is 32.0 Å². The lowest BCUT2D eigenvalue weighted by molar-refractivity contribution is -0.136. The van der Waals surface area contributed by atoms with Gasteiger partial charge >= 0.3 is 0 Å². The van der Waals surface area contributed by atoms with Crippen molar-refractivity contribution in [3.8, 4) is 0 Å². The topological polar surface area (TPSA) is 212 Å². The molecule has 0 spiro atoms. The molecule has 2 aromatic carbocycles. The number of aromatic nitrogens is 4. The van der Waals surface area contributed by atoms with E-state index in [0.29, 0.717) is 61.4 Å². The van der Waals surface area contributed by atoms with Crippen molar-refractivity contribution in [3.05, 3.63) is 82.8 Å². The first-order chi connectivity index (χ1) is 26.5. The van der Waals surface area contributed by atoms with Gasteiger partial charge in [-0.3, -0.25) is 34.3 Å². The summed E-state index contributed by atoms with van der Waals surface area (Å²) in [6.45, 7) is 9.88. The Morgan fingerprint density at radius 1 is 0.946 bits per heavy atom. The number of amides is 4. The Morgan fingerprint density at radius 2 is 1.71 bits per heavy atom. The Hall–Kier alpha value is -5.92. The highest BCUT2D eigenvalue weighted by Gasteiger charge is 2.46. The van der Waals surface area contributed by atoms with Crippen molar-refractivity contribution in [3.63, 3.8) is 0 Å². The molecule has 5 heterocycles. The molecule has 292 valence electrons. The fourth-order valence-corrected chi connectivity index (χ4v) is 8.19. The number of piperidine rings is 1. The lowest BCUT2D eigenvalue weighted by atomic mass is 10.0. The lowest BCUT2D eigenvalue weighted by Gasteiger charge is -2.35. The normalized spacial score (nSPS) is 17.9. The van der Waals surface area contributed by atoms with Gasteiger partial charge in [0.1, 0.15) is 17.7 Å². The maximum atomic E-state index is 15.3. The molecule has 4 aromatic rings. The first kappa shape index (κ1) is 38.4. The molecular weight excluding hydrogens is 746 g/mol. The number of sulfonamides is 1. The van der Waals surface area contributed by atoms with Crippen molar-refractivity contribution in [1.82, 2.24) is 40.0 Å². The van der Waals surface area contributed by atoms with Crippen LogP contribution in [0.4, 0.5) is 33.5 Å². The molecule has 56 heavy (non-hydrogen) atoms. The quantitative estimate of drug-likeness (QED) is 0.170. The van der Waals surface area contributed by atoms with Crippen LogP contribution in [0.3, 0.4) is 0 Å². The van der Waals surface area contributed by atoms with Crippen LogP contribution in [0.2, 0.25) is 0 Å². The molecule has 2 aromatic heterocycles. The van der Waals surface area contributed by atoms with Gasteiger partial charge in [-0.1, -0.05) is 6.07 Å². The number of hydrogen-bond donors (Lipinski definition) is 4. The van der Waals surface area contributed by atoms with Gasteiger partial charge < -0.3 is 15.5 Å². The summed E-state index contributed by atoms with van der Waals surface area (Å²) < 4.78 is 43.6. The number of aryl methyl sites for hydroxylation is 1. The molecule has 19 heteroatoms. The number of fused-ring (bicyclic) bond motifs is 1. The molecule has 4 N–H and O–H groups in total. The van der Waals surface area contributed by atoms with Crippen molar-refractivity contribution >= 4 is 62.7 Å². The second-order valence-corrected chi connectivity index (χ2v) is 16.5. The first-order valence-corrected chi connectivity index (χ1v) is 19.4. The fraction of sp³-hybridized carbons (Fsp3) is 0.351. The number of nitrogens with zero attached hydrogens (tertiary/aromatic N) is 7. The molecule has 1 atom stereocenters. The van der Waals surface area contributed by atoms with E-state index in [4.69, 9.17) is 0 Å². The molecule has 2 fully saturated rings. The van der Waals surface area contributed by atoms with Crippen molar-refractivity contribution in [2.75, 3.05) is 41.7 Å². The summed E-state index contributed by atoms with van der Waals surface area (Å²) in [6.07, 6.45) is 1.60. The van der Waals surface area contributed by atoms with E-state index in [0.717, 1.165) is 10.5 Å². The maximum absolute atomic E-state index is 15.3. The van der Waals surface area contributed by atoms with Crippen LogP contribution >= 0.6 is 0 Å². The lowest BCUT2D eigenvalue weighted by Crippen LogP contribution is -2.54. The summed E-state index contributed by atoms with van der Waals surface area (Å²) in [5, 5.41) is 17.1. The number of anilines is 5. The van der Waals surface area contributed by atoms with Crippen LogP contribution in [0.1, 0.15) is 65.5 Å². The zero-order valence-corrected chi connectivity index (χ0v) is 31.9. The highest BCUT2D eigenvalue weighted by atomic mass is 32.2. The van der Waals surface area contributed by atoms with Crippen molar-refractivity contribution in [1.29, 1.82) is 0 Å². The predicted octanol–water partition coefficient (Wildman–Crippen LogP) is 3.00. The third-order valence-corrected chi connectivity index (χ3v) is 11.1. The minimum atomic E-state index is -3.74. The zero-order valence-electron chi connectivity index (χ0n) is 31.1. The Morgan fingerprint density at radius 3 is 2.41 bits per heavy atom. The second kappa shape index (κ2) is 15.0.